The molecule has 2 aromatic carbocycles. The standard InChI is InChI=1S/C32H45N3O7/c1-4-34-23(8-5-21-11-12-35-31(33)14-21)19-41-30-16-22(15-29(40-3)32(30)38)27-18-24(36)17-25(42-27)9-6-20-7-10-26(37)28(13-20)39-2/h7,10-11,13-16,23-25,27,34-38H,4-6,8-9,12,17-19,33H2,1-3H3/t23-,24+,25+,27+/m1/s1. The highest BCUT2D eigenvalue weighted by Gasteiger charge is 2.31. The minimum Gasteiger partial charge on any atom is -0.504 e. The molecule has 2 aromatic rings. The molecule has 1 fully saturated rings. The third-order valence-electron chi connectivity index (χ3n) is 7.76. The number of rotatable bonds is 14. The van der Waals surface area contributed by atoms with Crippen molar-refractivity contribution >= 4 is 0 Å². The molecule has 0 aromatic heterocycles. The summed E-state index contributed by atoms with van der Waals surface area (Å²) >= 11 is 0. The van der Waals surface area contributed by atoms with Gasteiger partial charge in [0.05, 0.1) is 38.4 Å². The van der Waals surface area contributed by atoms with Gasteiger partial charge in [-0.05, 0) is 85.7 Å². The van der Waals surface area contributed by atoms with Gasteiger partial charge in [0.25, 0.3) is 0 Å². The SMILES string of the molecule is CCN[C@H](CCC1=CCNC(N)=C1)COc1cc([C@@H]2C[C@@H](O)C[C@H](CCc3ccc(O)c(OC)c3)O2)cc(OC)c1O. The number of hydrogen-bond acceptors (Lipinski definition) is 10. The summed E-state index contributed by atoms with van der Waals surface area (Å²) < 4.78 is 23.3. The number of phenolic OH excluding ortho intramolecular Hbond substituents is 2. The van der Waals surface area contributed by atoms with Crippen molar-refractivity contribution in [1.29, 1.82) is 0 Å². The number of aryl methyl sites for hydroxylation is 1. The number of aromatic hydroxyl groups is 2. The Kier molecular flexibility index (Phi) is 11.2. The molecule has 42 heavy (non-hydrogen) atoms. The van der Waals surface area contributed by atoms with E-state index in [9.17, 15) is 15.3 Å². The Morgan fingerprint density at radius 1 is 1.07 bits per heavy atom. The van der Waals surface area contributed by atoms with Crippen LogP contribution in [0.1, 0.15) is 56.3 Å². The number of nitrogens with one attached hydrogen (secondary N) is 2. The molecule has 2 heterocycles. The number of benzene rings is 2. The normalized spacial score (nSPS) is 21.1. The largest absolute Gasteiger partial charge is 0.504 e. The molecule has 2 aliphatic rings. The van der Waals surface area contributed by atoms with E-state index in [1.165, 1.54) is 19.8 Å². The molecule has 4 atom stereocenters. The van der Waals surface area contributed by atoms with Crippen LogP contribution in [0, 0.1) is 0 Å². The molecule has 230 valence electrons. The van der Waals surface area contributed by atoms with Gasteiger partial charge in [-0.3, -0.25) is 0 Å². The van der Waals surface area contributed by atoms with Crippen molar-refractivity contribution in [2.75, 3.05) is 33.9 Å². The predicted octanol–water partition coefficient (Wildman–Crippen LogP) is 3.80. The van der Waals surface area contributed by atoms with E-state index in [-0.39, 0.29) is 23.6 Å². The van der Waals surface area contributed by atoms with Crippen LogP contribution in [-0.2, 0) is 11.2 Å². The van der Waals surface area contributed by atoms with Gasteiger partial charge in [-0.1, -0.05) is 19.1 Å². The highest BCUT2D eigenvalue weighted by molar-refractivity contribution is 5.53. The second kappa shape index (κ2) is 15.0. The molecule has 0 aliphatic carbocycles. The lowest BCUT2D eigenvalue weighted by Crippen LogP contribution is -2.35. The first-order chi connectivity index (χ1) is 20.3. The van der Waals surface area contributed by atoms with E-state index in [2.05, 4.69) is 23.6 Å². The minimum absolute atomic E-state index is 0.0603. The fourth-order valence-electron chi connectivity index (χ4n) is 5.50. The number of ether oxygens (including phenoxy) is 4. The second-order valence-electron chi connectivity index (χ2n) is 10.9. The maximum absolute atomic E-state index is 10.9. The van der Waals surface area contributed by atoms with Crippen LogP contribution in [0.25, 0.3) is 0 Å². The maximum atomic E-state index is 10.9. The number of aliphatic hydroxyl groups is 1. The maximum Gasteiger partial charge on any atom is 0.200 e. The van der Waals surface area contributed by atoms with Crippen molar-refractivity contribution in [3.63, 3.8) is 0 Å². The molecule has 0 radical (unpaired) electrons. The second-order valence-corrected chi connectivity index (χ2v) is 10.9. The monoisotopic (exact) mass is 583 g/mol. The van der Waals surface area contributed by atoms with E-state index in [4.69, 9.17) is 24.7 Å². The van der Waals surface area contributed by atoms with Gasteiger partial charge in [-0.2, -0.15) is 0 Å². The Bertz CT molecular complexity index is 1250. The molecule has 7 N–H and O–H groups in total. The van der Waals surface area contributed by atoms with Crippen LogP contribution in [0.15, 0.2) is 53.9 Å². The van der Waals surface area contributed by atoms with Crippen LogP contribution >= 0.6 is 0 Å². The van der Waals surface area contributed by atoms with Gasteiger partial charge in [0.2, 0.25) is 5.75 Å². The Morgan fingerprint density at radius 2 is 1.86 bits per heavy atom. The molecule has 4 rings (SSSR count). The molecule has 10 heteroatoms. The van der Waals surface area contributed by atoms with Crippen molar-refractivity contribution in [2.45, 2.75) is 69.8 Å². The van der Waals surface area contributed by atoms with Gasteiger partial charge in [0, 0.05) is 19.0 Å². The molecule has 0 bridgehead atoms. The van der Waals surface area contributed by atoms with Crippen LogP contribution < -0.4 is 30.6 Å². The molecule has 0 amide bonds. The van der Waals surface area contributed by atoms with Gasteiger partial charge in [-0.15, -0.1) is 0 Å². The molecule has 0 unspecified atom stereocenters. The van der Waals surface area contributed by atoms with Crippen LogP contribution in [-0.4, -0.2) is 67.5 Å². The lowest BCUT2D eigenvalue weighted by Gasteiger charge is -2.34. The van der Waals surface area contributed by atoms with Gasteiger partial charge in [0.1, 0.15) is 6.61 Å². The first kappa shape index (κ1) is 31.3. The third-order valence-corrected chi connectivity index (χ3v) is 7.76. The number of dihydropyridines is 1. The molecule has 0 spiro atoms. The predicted molar refractivity (Wildman–Crippen MR) is 161 cm³/mol. The summed E-state index contributed by atoms with van der Waals surface area (Å²) in [5.41, 5.74) is 8.88. The van der Waals surface area contributed by atoms with Crippen LogP contribution in [0.4, 0.5) is 0 Å². The quantitative estimate of drug-likeness (QED) is 0.194. The van der Waals surface area contributed by atoms with E-state index >= 15 is 0 Å². The van der Waals surface area contributed by atoms with E-state index < -0.39 is 12.2 Å². The first-order valence-electron chi connectivity index (χ1n) is 14.7. The lowest BCUT2D eigenvalue weighted by molar-refractivity contribution is -0.0999. The molecular formula is C32H45N3O7. The zero-order valence-electron chi connectivity index (χ0n) is 24.8. The topological polar surface area (TPSA) is 148 Å². The summed E-state index contributed by atoms with van der Waals surface area (Å²) in [6, 6.07) is 8.88. The van der Waals surface area contributed by atoms with Gasteiger partial charge >= 0.3 is 0 Å². The smallest absolute Gasteiger partial charge is 0.200 e. The van der Waals surface area contributed by atoms with Gasteiger partial charge in [-0.25, -0.2) is 0 Å². The highest BCUT2D eigenvalue weighted by atomic mass is 16.5. The zero-order chi connectivity index (χ0) is 30.1. The highest BCUT2D eigenvalue weighted by Crippen LogP contribution is 2.42. The van der Waals surface area contributed by atoms with Gasteiger partial charge < -0.3 is 50.6 Å². The van der Waals surface area contributed by atoms with Gasteiger partial charge in [0.15, 0.2) is 23.0 Å². The Labute approximate surface area is 248 Å². The van der Waals surface area contributed by atoms with E-state index in [0.29, 0.717) is 55.4 Å². The van der Waals surface area contributed by atoms with E-state index in [1.54, 1.807) is 18.2 Å². The Hall–Kier alpha value is -3.60. The van der Waals surface area contributed by atoms with Crippen LogP contribution in [0.3, 0.4) is 0 Å². The lowest BCUT2D eigenvalue weighted by atomic mass is 9.93. The molecule has 10 nitrogen and oxygen atoms in total. The van der Waals surface area contributed by atoms with Crippen molar-refractivity contribution in [3.05, 3.63) is 65.0 Å². The number of aliphatic hydroxyl groups excluding tert-OH is 1. The molecule has 1 saturated heterocycles. The molecule has 2 aliphatic heterocycles. The number of hydrogen-bond donors (Lipinski definition) is 6. The summed E-state index contributed by atoms with van der Waals surface area (Å²) in [4.78, 5) is 0. The van der Waals surface area contributed by atoms with Crippen molar-refractivity contribution < 1.29 is 34.3 Å². The summed E-state index contributed by atoms with van der Waals surface area (Å²) in [6.07, 6.45) is 7.05. The third kappa shape index (κ3) is 8.47. The fourth-order valence-corrected chi connectivity index (χ4v) is 5.50. The van der Waals surface area contributed by atoms with Crippen molar-refractivity contribution in [2.24, 2.45) is 5.73 Å². The van der Waals surface area contributed by atoms with E-state index in [1.807, 2.05) is 18.2 Å². The Morgan fingerprint density at radius 3 is 2.60 bits per heavy atom. The van der Waals surface area contributed by atoms with E-state index in [0.717, 1.165) is 37.1 Å². The average Bonchev–Trinajstić information content (AvgIpc) is 2.98. The molecular weight excluding hydrogens is 538 g/mol. The van der Waals surface area contributed by atoms with Crippen LogP contribution in [0.2, 0.25) is 0 Å². The summed E-state index contributed by atoms with van der Waals surface area (Å²) in [7, 11) is 3.02. The summed E-state index contributed by atoms with van der Waals surface area (Å²) in [5, 5.41) is 38.0. The van der Waals surface area contributed by atoms with Crippen molar-refractivity contribution in [1.82, 2.24) is 10.6 Å². The number of methoxy groups -OCH3 is 2. The fraction of sp³-hybridized carbons (Fsp3) is 0.500. The number of nitrogens with two attached hydrogens (primary N) is 1. The summed E-state index contributed by atoms with van der Waals surface area (Å²) in [6.45, 7) is 3.92. The number of phenols is 2. The Balaban J connectivity index is 1.42. The number of allylic oxidation sites excluding steroid dienone is 2. The zero-order valence-corrected chi connectivity index (χ0v) is 24.8. The van der Waals surface area contributed by atoms with Crippen molar-refractivity contribution in [3.8, 4) is 28.7 Å². The summed E-state index contributed by atoms with van der Waals surface area (Å²) in [5.74, 6) is 1.74. The number of likely N-dealkylation sites (N-methyl/N-ethyl adjacent to an activating group) is 1. The minimum atomic E-state index is -0.530. The van der Waals surface area contributed by atoms with Crippen LogP contribution in [0.5, 0.6) is 28.7 Å². The average molecular weight is 584 g/mol. The molecule has 0 saturated carbocycles. The first-order valence-corrected chi connectivity index (χ1v) is 14.7.